The van der Waals surface area contributed by atoms with Crippen LogP contribution in [0, 0.1) is 0 Å². The van der Waals surface area contributed by atoms with Crippen molar-refractivity contribution >= 4 is 48.8 Å². The van der Waals surface area contributed by atoms with E-state index in [1.807, 2.05) is 24.3 Å². The van der Waals surface area contributed by atoms with Gasteiger partial charge in [-0.1, -0.05) is 56.1 Å². The number of esters is 1. The Bertz CT molecular complexity index is 1330. The van der Waals surface area contributed by atoms with Gasteiger partial charge in [-0.3, -0.25) is 4.79 Å². The number of rotatable bonds is 6. The van der Waals surface area contributed by atoms with Gasteiger partial charge in [-0.05, 0) is 54.4 Å². The van der Waals surface area contributed by atoms with Crippen molar-refractivity contribution in [1.82, 2.24) is 0 Å². The Labute approximate surface area is 201 Å². The van der Waals surface area contributed by atoms with Crippen LogP contribution in [-0.2, 0) is 11.3 Å². The molecule has 1 aromatic heterocycles. The fraction of sp³-hybridized carbons (Fsp3) is 0.120. The number of carbonyl (C=O) groups excluding carboxylic acids is 1. The molecule has 0 radical (unpaired) electrons. The average molecular weight is 558 g/mol. The minimum Gasteiger partial charge on any atom is -0.489 e. The van der Waals surface area contributed by atoms with Gasteiger partial charge in [-0.2, -0.15) is 0 Å². The van der Waals surface area contributed by atoms with Gasteiger partial charge in [0, 0.05) is 15.0 Å². The van der Waals surface area contributed by atoms with Crippen molar-refractivity contribution in [3.63, 3.8) is 0 Å². The number of hydrogen-bond donors (Lipinski definition) is 0. The van der Waals surface area contributed by atoms with Gasteiger partial charge in [0.1, 0.15) is 17.9 Å². The van der Waals surface area contributed by atoms with E-state index in [1.54, 1.807) is 49.4 Å². The fourth-order valence-corrected chi connectivity index (χ4v) is 3.76. The third-order valence-electron chi connectivity index (χ3n) is 4.78. The van der Waals surface area contributed by atoms with E-state index >= 15 is 0 Å². The molecule has 0 saturated heterocycles. The molecule has 0 saturated carbocycles. The van der Waals surface area contributed by atoms with E-state index < -0.39 is 5.97 Å². The Balaban J connectivity index is 1.76. The topological polar surface area (TPSA) is 65.7 Å². The molecule has 162 valence electrons. The van der Waals surface area contributed by atoms with Crippen LogP contribution in [0.2, 0.25) is 0 Å². The molecular weight excluding hydrogens is 540 g/mol. The highest BCUT2D eigenvalue weighted by molar-refractivity contribution is 9.10. The summed E-state index contributed by atoms with van der Waals surface area (Å²) < 4.78 is 18.8. The molecule has 7 heteroatoms. The van der Waals surface area contributed by atoms with Crippen molar-refractivity contribution in [3.8, 4) is 16.9 Å². The van der Waals surface area contributed by atoms with E-state index in [9.17, 15) is 9.59 Å². The first-order chi connectivity index (χ1) is 15.5. The smallest absolute Gasteiger partial charge is 0.375 e. The molecule has 0 N–H and O–H groups in total. The predicted molar refractivity (Wildman–Crippen MR) is 130 cm³/mol. The third-order valence-corrected chi connectivity index (χ3v) is 5.83. The lowest BCUT2D eigenvalue weighted by Gasteiger charge is -2.11. The summed E-state index contributed by atoms with van der Waals surface area (Å²) in [4.78, 5) is 26.0. The SMILES string of the molecule is CCOC(=O)c1oc2cc(OCc3ccc(Br)cc3)ccc2c(=O)c1-c1ccc(Br)cc1. The van der Waals surface area contributed by atoms with Gasteiger partial charge < -0.3 is 13.9 Å². The van der Waals surface area contributed by atoms with Gasteiger partial charge in [-0.15, -0.1) is 0 Å². The van der Waals surface area contributed by atoms with Gasteiger partial charge in [-0.25, -0.2) is 4.79 Å². The summed E-state index contributed by atoms with van der Waals surface area (Å²) in [6.07, 6.45) is 0. The zero-order chi connectivity index (χ0) is 22.7. The first-order valence-electron chi connectivity index (χ1n) is 9.87. The number of fused-ring (bicyclic) bond motifs is 1. The molecule has 32 heavy (non-hydrogen) atoms. The van der Waals surface area contributed by atoms with Crippen LogP contribution in [0.4, 0.5) is 0 Å². The van der Waals surface area contributed by atoms with Crippen molar-refractivity contribution < 1.29 is 18.7 Å². The number of carbonyl (C=O) groups is 1. The van der Waals surface area contributed by atoms with Crippen LogP contribution in [0.5, 0.6) is 5.75 Å². The molecule has 4 aromatic rings. The molecule has 4 rings (SSSR count). The lowest BCUT2D eigenvalue weighted by molar-refractivity contribution is 0.0492. The molecule has 1 heterocycles. The maximum atomic E-state index is 13.3. The fourth-order valence-electron chi connectivity index (χ4n) is 3.23. The standard InChI is InChI=1S/C25H18Br2O5/c1-2-30-25(29)24-22(16-5-9-18(27)10-6-16)23(28)20-12-11-19(13-21(20)32-24)31-14-15-3-7-17(26)8-4-15/h3-13H,2,14H2,1H3. The van der Waals surface area contributed by atoms with Gasteiger partial charge in [0.25, 0.3) is 0 Å². The maximum Gasteiger partial charge on any atom is 0.375 e. The molecule has 0 fully saturated rings. The van der Waals surface area contributed by atoms with Gasteiger partial charge >= 0.3 is 5.97 Å². The highest BCUT2D eigenvalue weighted by atomic mass is 79.9. The molecular formula is C25H18Br2O5. The van der Waals surface area contributed by atoms with E-state index in [4.69, 9.17) is 13.9 Å². The molecule has 0 unspecified atom stereocenters. The molecule has 0 atom stereocenters. The highest BCUT2D eigenvalue weighted by Gasteiger charge is 2.23. The summed E-state index contributed by atoms with van der Waals surface area (Å²) in [6.45, 7) is 2.21. The zero-order valence-corrected chi connectivity index (χ0v) is 20.2. The van der Waals surface area contributed by atoms with E-state index in [2.05, 4.69) is 31.9 Å². The molecule has 0 aliphatic carbocycles. The summed E-state index contributed by atoms with van der Waals surface area (Å²) in [7, 11) is 0. The van der Waals surface area contributed by atoms with Crippen molar-refractivity contribution in [2.45, 2.75) is 13.5 Å². The van der Waals surface area contributed by atoms with Crippen LogP contribution in [0.1, 0.15) is 23.0 Å². The summed E-state index contributed by atoms with van der Waals surface area (Å²) in [5.41, 5.74) is 1.69. The van der Waals surface area contributed by atoms with Crippen molar-refractivity contribution in [3.05, 3.63) is 97.2 Å². The first kappa shape index (κ1) is 22.3. The minimum absolute atomic E-state index is 0.128. The Morgan fingerprint density at radius 1 is 0.938 bits per heavy atom. The molecule has 0 aliphatic heterocycles. The Morgan fingerprint density at radius 2 is 1.59 bits per heavy atom. The second-order valence-electron chi connectivity index (χ2n) is 6.94. The average Bonchev–Trinajstić information content (AvgIpc) is 2.79. The largest absolute Gasteiger partial charge is 0.489 e. The van der Waals surface area contributed by atoms with E-state index in [0.29, 0.717) is 23.3 Å². The molecule has 3 aromatic carbocycles. The molecule has 0 amide bonds. The van der Waals surface area contributed by atoms with Crippen LogP contribution < -0.4 is 10.2 Å². The Kier molecular flexibility index (Phi) is 6.77. The minimum atomic E-state index is -0.689. The van der Waals surface area contributed by atoms with Gasteiger partial charge in [0.2, 0.25) is 11.2 Å². The Morgan fingerprint density at radius 3 is 2.25 bits per heavy atom. The van der Waals surface area contributed by atoms with Crippen LogP contribution in [0.25, 0.3) is 22.1 Å². The van der Waals surface area contributed by atoms with Crippen molar-refractivity contribution in [2.75, 3.05) is 6.61 Å². The molecule has 0 spiro atoms. The van der Waals surface area contributed by atoms with Crippen LogP contribution in [0.3, 0.4) is 0 Å². The Hall–Kier alpha value is -2.90. The quantitative estimate of drug-likeness (QED) is 0.246. The monoisotopic (exact) mass is 556 g/mol. The summed E-state index contributed by atoms with van der Waals surface area (Å²) in [5.74, 6) is -0.294. The highest BCUT2D eigenvalue weighted by Crippen LogP contribution is 2.28. The van der Waals surface area contributed by atoms with Crippen molar-refractivity contribution in [1.29, 1.82) is 0 Å². The van der Waals surface area contributed by atoms with E-state index in [0.717, 1.165) is 14.5 Å². The second kappa shape index (κ2) is 9.71. The summed E-state index contributed by atoms with van der Waals surface area (Å²) in [6, 6.07) is 19.9. The van der Waals surface area contributed by atoms with Gasteiger partial charge in [0.15, 0.2) is 0 Å². The third kappa shape index (κ3) is 4.79. The van der Waals surface area contributed by atoms with Crippen LogP contribution in [-0.4, -0.2) is 12.6 Å². The lowest BCUT2D eigenvalue weighted by atomic mass is 10.0. The molecule has 5 nitrogen and oxygen atoms in total. The first-order valence-corrected chi connectivity index (χ1v) is 11.5. The van der Waals surface area contributed by atoms with Crippen LogP contribution >= 0.6 is 31.9 Å². The normalized spacial score (nSPS) is 10.8. The predicted octanol–water partition coefficient (Wildman–Crippen LogP) is 6.74. The lowest BCUT2D eigenvalue weighted by Crippen LogP contribution is -2.15. The molecule has 0 bridgehead atoms. The summed E-state index contributed by atoms with van der Waals surface area (Å²) >= 11 is 6.79. The second-order valence-corrected chi connectivity index (χ2v) is 8.77. The van der Waals surface area contributed by atoms with E-state index in [1.165, 1.54) is 0 Å². The maximum absolute atomic E-state index is 13.3. The summed E-state index contributed by atoms with van der Waals surface area (Å²) in [5, 5.41) is 0.354. The zero-order valence-electron chi connectivity index (χ0n) is 17.1. The van der Waals surface area contributed by atoms with Crippen LogP contribution in [0.15, 0.2) is 84.9 Å². The number of halogens is 2. The number of ether oxygens (including phenoxy) is 2. The van der Waals surface area contributed by atoms with Crippen molar-refractivity contribution in [2.24, 2.45) is 0 Å². The van der Waals surface area contributed by atoms with Gasteiger partial charge in [0.05, 0.1) is 17.6 Å². The molecule has 0 aliphatic rings. The van der Waals surface area contributed by atoms with E-state index in [-0.39, 0.29) is 28.9 Å². The number of benzene rings is 3. The number of hydrogen-bond acceptors (Lipinski definition) is 5.